The second-order valence-electron chi connectivity index (χ2n) is 3.18. The number of carboxylic acid groups (broad SMARTS) is 1. The number of carboxylic acids is 1. The number of hydrogen-bond acceptors (Lipinski definition) is 4. The molecule has 7 heteroatoms. The minimum absolute atomic E-state index is 0.189. The van der Waals surface area contributed by atoms with Crippen molar-refractivity contribution in [3.8, 4) is 0 Å². The van der Waals surface area contributed by atoms with Gasteiger partial charge in [0, 0.05) is 7.05 Å². The number of amides is 2. The largest absolute Gasteiger partial charge is 0.479 e. The Hall–Kier alpha value is -1.34. The molecule has 0 aromatic rings. The van der Waals surface area contributed by atoms with E-state index in [4.69, 9.17) is 15.3 Å². The third kappa shape index (κ3) is 4.61. The van der Waals surface area contributed by atoms with E-state index in [0.29, 0.717) is 0 Å². The summed E-state index contributed by atoms with van der Waals surface area (Å²) in [6.07, 6.45) is -1.62. The van der Waals surface area contributed by atoms with Crippen LogP contribution in [0, 0.1) is 0 Å². The number of aliphatic hydroxyl groups is 2. The smallest absolute Gasteiger partial charge is 0.334 e. The molecule has 1 unspecified atom stereocenters. The second-order valence-corrected chi connectivity index (χ2v) is 3.18. The van der Waals surface area contributed by atoms with Crippen molar-refractivity contribution in [3.63, 3.8) is 0 Å². The van der Waals surface area contributed by atoms with Crippen molar-refractivity contribution in [1.82, 2.24) is 10.2 Å². The molecule has 0 rings (SSSR count). The van der Waals surface area contributed by atoms with E-state index < -0.39 is 18.1 Å². The fourth-order valence-electron chi connectivity index (χ4n) is 0.719. The topological polar surface area (TPSA) is 110 Å². The average molecular weight is 220 g/mol. The second kappa shape index (κ2) is 6.20. The molecule has 2 amide bonds. The SMILES string of the molecule is CC(CO)N(C)C(=O)NC[C@H](O)C(=O)O. The number of aliphatic carboxylic acids is 1. The lowest BCUT2D eigenvalue weighted by molar-refractivity contribution is -0.146. The Balaban J connectivity index is 3.98. The predicted molar refractivity (Wildman–Crippen MR) is 51.4 cm³/mol. The van der Waals surface area contributed by atoms with Crippen molar-refractivity contribution < 1.29 is 24.9 Å². The fourth-order valence-corrected chi connectivity index (χ4v) is 0.719. The number of urea groups is 1. The summed E-state index contributed by atoms with van der Waals surface area (Å²) in [5, 5.41) is 28.2. The molecule has 2 atom stereocenters. The summed E-state index contributed by atoms with van der Waals surface area (Å²) in [6, 6.07) is -0.913. The van der Waals surface area contributed by atoms with Gasteiger partial charge in [0.05, 0.1) is 19.2 Å². The van der Waals surface area contributed by atoms with Gasteiger partial charge in [-0.1, -0.05) is 0 Å². The Bertz CT molecular complexity index is 233. The maximum Gasteiger partial charge on any atom is 0.334 e. The summed E-state index contributed by atoms with van der Waals surface area (Å²) in [7, 11) is 1.46. The molecular formula is C8H16N2O5. The van der Waals surface area contributed by atoms with Crippen LogP contribution in [0.5, 0.6) is 0 Å². The number of aliphatic hydroxyl groups excluding tert-OH is 2. The van der Waals surface area contributed by atoms with E-state index in [2.05, 4.69) is 5.32 Å². The zero-order valence-electron chi connectivity index (χ0n) is 8.67. The third-order valence-corrected chi connectivity index (χ3v) is 1.98. The molecule has 0 aliphatic carbocycles. The molecular weight excluding hydrogens is 204 g/mol. The summed E-state index contributed by atoms with van der Waals surface area (Å²) < 4.78 is 0. The normalized spacial score (nSPS) is 14.1. The van der Waals surface area contributed by atoms with E-state index in [0.717, 1.165) is 0 Å². The van der Waals surface area contributed by atoms with Gasteiger partial charge in [-0.3, -0.25) is 0 Å². The Morgan fingerprint density at radius 1 is 1.47 bits per heavy atom. The summed E-state index contributed by atoms with van der Waals surface area (Å²) in [4.78, 5) is 22.7. The Morgan fingerprint density at radius 2 is 2.00 bits per heavy atom. The summed E-state index contributed by atoms with van der Waals surface area (Å²) in [5.74, 6) is -1.40. The highest BCUT2D eigenvalue weighted by Crippen LogP contribution is 1.94. The lowest BCUT2D eigenvalue weighted by Crippen LogP contribution is -2.47. The van der Waals surface area contributed by atoms with E-state index in [1.807, 2.05) is 0 Å². The average Bonchev–Trinajstić information content (AvgIpc) is 2.22. The highest BCUT2D eigenvalue weighted by molar-refractivity contribution is 5.76. The van der Waals surface area contributed by atoms with Gasteiger partial charge in [-0.15, -0.1) is 0 Å². The molecule has 4 N–H and O–H groups in total. The fraction of sp³-hybridized carbons (Fsp3) is 0.750. The van der Waals surface area contributed by atoms with Crippen LogP contribution in [0.1, 0.15) is 6.92 Å². The van der Waals surface area contributed by atoms with Gasteiger partial charge < -0.3 is 25.5 Å². The Kier molecular flexibility index (Phi) is 5.65. The monoisotopic (exact) mass is 220 g/mol. The predicted octanol–water partition coefficient (Wildman–Crippen LogP) is -1.55. The number of carbonyl (C=O) groups excluding carboxylic acids is 1. The minimum atomic E-state index is -1.62. The molecule has 7 nitrogen and oxygen atoms in total. The lowest BCUT2D eigenvalue weighted by atomic mass is 10.3. The van der Waals surface area contributed by atoms with Crippen LogP contribution in [0.3, 0.4) is 0 Å². The van der Waals surface area contributed by atoms with Crippen molar-refractivity contribution in [2.24, 2.45) is 0 Å². The molecule has 0 saturated carbocycles. The lowest BCUT2D eigenvalue weighted by Gasteiger charge is -2.23. The summed E-state index contributed by atoms with van der Waals surface area (Å²) in [6.45, 7) is 1.08. The van der Waals surface area contributed by atoms with Crippen LogP contribution in [-0.4, -0.2) is 64.6 Å². The van der Waals surface area contributed by atoms with Gasteiger partial charge in [0.25, 0.3) is 0 Å². The molecule has 0 bridgehead atoms. The van der Waals surface area contributed by atoms with E-state index in [9.17, 15) is 9.59 Å². The zero-order chi connectivity index (χ0) is 12.0. The molecule has 0 aliphatic rings. The first-order valence-electron chi connectivity index (χ1n) is 4.42. The van der Waals surface area contributed by atoms with Crippen molar-refractivity contribution in [2.45, 2.75) is 19.1 Å². The number of nitrogens with one attached hydrogen (secondary N) is 1. The van der Waals surface area contributed by atoms with Crippen LogP contribution in [0.2, 0.25) is 0 Å². The van der Waals surface area contributed by atoms with E-state index >= 15 is 0 Å². The number of rotatable bonds is 5. The van der Waals surface area contributed by atoms with Crippen LogP contribution in [-0.2, 0) is 4.79 Å². The first kappa shape index (κ1) is 13.7. The van der Waals surface area contributed by atoms with Gasteiger partial charge in [-0.2, -0.15) is 0 Å². The van der Waals surface area contributed by atoms with E-state index in [-0.39, 0.29) is 19.2 Å². The maximum atomic E-state index is 11.3. The molecule has 15 heavy (non-hydrogen) atoms. The van der Waals surface area contributed by atoms with Gasteiger partial charge in [0.15, 0.2) is 6.10 Å². The Morgan fingerprint density at radius 3 is 2.40 bits per heavy atom. The molecule has 0 aromatic carbocycles. The molecule has 0 radical (unpaired) electrons. The maximum absolute atomic E-state index is 11.3. The van der Waals surface area contributed by atoms with E-state index in [1.165, 1.54) is 11.9 Å². The van der Waals surface area contributed by atoms with Crippen LogP contribution in [0.15, 0.2) is 0 Å². The minimum Gasteiger partial charge on any atom is -0.479 e. The summed E-state index contributed by atoms with van der Waals surface area (Å²) >= 11 is 0. The number of hydrogen-bond donors (Lipinski definition) is 4. The number of likely N-dealkylation sites (N-methyl/N-ethyl adjacent to an activating group) is 1. The number of carbonyl (C=O) groups is 2. The number of nitrogens with zero attached hydrogens (tertiary/aromatic N) is 1. The van der Waals surface area contributed by atoms with Gasteiger partial charge in [-0.05, 0) is 6.92 Å². The first-order valence-corrected chi connectivity index (χ1v) is 4.42. The molecule has 0 fully saturated rings. The quantitative estimate of drug-likeness (QED) is 0.448. The van der Waals surface area contributed by atoms with Crippen LogP contribution in [0.25, 0.3) is 0 Å². The van der Waals surface area contributed by atoms with Gasteiger partial charge in [0.1, 0.15) is 0 Å². The molecule has 0 heterocycles. The molecule has 0 aliphatic heterocycles. The van der Waals surface area contributed by atoms with Crippen LogP contribution >= 0.6 is 0 Å². The van der Waals surface area contributed by atoms with Gasteiger partial charge >= 0.3 is 12.0 Å². The molecule has 88 valence electrons. The van der Waals surface area contributed by atoms with E-state index in [1.54, 1.807) is 6.92 Å². The molecule has 0 saturated heterocycles. The highest BCUT2D eigenvalue weighted by Gasteiger charge is 2.18. The van der Waals surface area contributed by atoms with Crippen LogP contribution in [0.4, 0.5) is 4.79 Å². The first-order chi connectivity index (χ1) is 6.90. The zero-order valence-corrected chi connectivity index (χ0v) is 8.67. The van der Waals surface area contributed by atoms with Gasteiger partial charge in [-0.25, -0.2) is 9.59 Å². The van der Waals surface area contributed by atoms with Crippen molar-refractivity contribution in [3.05, 3.63) is 0 Å². The van der Waals surface area contributed by atoms with Gasteiger partial charge in [0.2, 0.25) is 0 Å². The third-order valence-electron chi connectivity index (χ3n) is 1.98. The highest BCUT2D eigenvalue weighted by atomic mass is 16.4. The Labute approximate surface area is 87.3 Å². The standard InChI is InChI=1S/C8H16N2O5/c1-5(4-11)10(2)8(15)9-3-6(12)7(13)14/h5-6,11-12H,3-4H2,1-2H3,(H,9,15)(H,13,14)/t5?,6-/m0/s1. The van der Waals surface area contributed by atoms with Crippen molar-refractivity contribution in [2.75, 3.05) is 20.2 Å². The van der Waals surface area contributed by atoms with Crippen LogP contribution < -0.4 is 5.32 Å². The molecule has 0 spiro atoms. The van der Waals surface area contributed by atoms with Crippen molar-refractivity contribution in [1.29, 1.82) is 0 Å². The summed E-state index contributed by atoms with van der Waals surface area (Å²) in [5.41, 5.74) is 0. The molecule has 0 aromatic heterocycles. The van der Waals surface area contributed by atoms with Crippen molar-refractivity contribution >= 4 is 12.0 Å².